The zero-order chi connectivity index (χ0) is 16.6. The molecule has 4 aromatic rings. The maximum atomic E-state index is 5.54. The van der Waals surface area contributed by atoms with Crippen LogP contribution in [0.25, 0.3) is 28.7 Å². The molecule has 0 saturated carbocycles. The van der Waals surface area contributed by atoms with E-state index in [1.807, 2.05) is 35.0 Å². The van der Waals surface area contributed by atoms with E-state index in [0.717, 1.165) is 35.9 Å². The number of pyridine rings is 1. The molecule has 0 amide bonds. The predicted octanol–water partition coefficient (Wildman–Crippen LogP) is 2.01. The molecule has 1 unspecified atom stereocenters. The van der Waals surface area contributed by atoms with Crippen LogP contribution in [-0.4, -0.2) is 47.6 Å². The van der Waals surface area contributed by atoms with Gasteiger partial charge in [0.15, 0.2) is 17.3 Å². The Kier molecular flexibility index (Phi) is 3.27. The van der Waals surface area contributed by atoms with Gasteiger partial charge in [0.25, 0.3) is 0 Å². The predicted molar refractivity (Wildman–Crippen MR) is 89.7 cm³/mol. The molecule has 8 nitrogen and oxygen atoms in total. The monoisotopic (exact) mass is 333 g/mol. The van der Waals surface area contributed by atoms with Crippen LogP contribution in [0, 0.1) is 0 Å². The average Bonchev–Trinajstić information content (AvgIpc) is 3.40. The Labute approximate surface area is 143 Å². The second kappa shape index (κ2) is 5.75. The molecule has 0 N–H and O–H groups in total. The number of fused-ring (bicyclic) bond motifs is 1. The molecule has 0 radical (unpaired) electrons. The van der Waals surface area contributed by atoms with Crippen molar-refractivity contribution in [2.45, 2.75) is 12.5 Å². The number of aromatic nitrogens is 7. The first-order valence-corrected chi connectivity index (χ1v) is 8.15. The number of hydrogen-bond acceptors (Lipinski definition) is 6. The van der Waals surface area contributed by atoms with E-state index in [4.69, 9.17) is 14.8 Å². The highest BCUT2D eigenvalue weighted by Gasteiger charge is 2.26. The molecule has 1 saturated heterocycles. The molecule has 1 aliphatic heterocycles. The van der Waals surface area contributed by atoms with Gasteiger partial charge in [-0.2, -0.15) is 5.10 Å². The molecule has 8 heteroatoms. The first-order valence-electron chi connectivity index (χ1n) is 8.15. The summed E-state index contributed by atoms with van der Waals surface area (Å²) in [6.45, 7) is 1.36. The fraction of sp³-hybridized carbons (Fsp3) is 0.235. The first kappa shape index (κ1) is 14.2. The van der Waals surface area contributed by atoms with Crippen LogP contribution in [0.1, 0.15) is 12.5 Å². The van der Waals surface area contributed by atoms with Crippen molar-refractivity contribution >= 4 is 5.65 Å². The molecule has 4 aromatic heterocycles. The second-order valence-electron chi connectivity index (χ2n) is 5.87. The minimum absolute atomic E-state index is 0.147. The Hall–Kier alpha value is -3.13. The molecule has 5 heterocycles. The molecule has 124 valence electrons. The first-order chi connectivity index (χ1) is 12.4. The summed E-state index contributed by atoms with van der Waals surface area (Å²) in [4.78, 5) is 13.5. The van der Waals surface area contributed by atoms with E-state index in [2.05, 4.69) is 15.1 Å². The summed E-state index contributed by atoms with van der Waals surface area (Å²) in [6, 6.07) is 9.63. The minimum atomic E-state index is 0.147. The van der Waals surface area contributed by atoms with Crippen LogP contribution < -0.4 is 0 Å². The maximum absolute atomic E-state index is 5.54. The average molecular weight is 333 g/mol. The minimum Gasteiger partial charge on any atom is -0.379 e. The summed E-state index contributed by atoms with van der Waals surface area (Å²) in [5.74, 6) is 1.32. The van der Waals surface area contributed by atoms with Crippen LogP contribution in [0.3, 0.4) is 0 Å². The lowest BCUT2D eigenvalue weighted by Crippen LogP contribution is -2.13. The summed E-state index contributed by atoms with van der Waals surface area (Å²) in [6.07, 6.45) is 6.16. The van der Waals surface area contributed by atoms with Gasteiger partial charge in [-0.3, -0.25) is 4.98 Å². The molecule has 5 rings (SSSR count). The van der Waals surface area contributed by atoms with E-state index in [9.17, 15) is 0 Å². The summed E-state index contributed by atoms with van der Waals surface area (Å²) in [5, 5.41) is 9.11. The third-order valence-corrected chi connectivity index (χ3v) is 4.28. The quantitative estimate of drug-likeness (QED) is 0.570. The van der Waals surface area contributed by atoms with Crippen molar-refractivity contribution in [2.75, 3.05) is 13.2 Å². The van der Waals surface area contributed by atoms with Gasteiger partial charge in [-0.1, -0.05) is 6.07 Å². The Morgan fingerprint density at radius 2 is 2.08 bits per heavy atom. The molecule has 1 atom stereocenters. The van der Waals surface area contributed by atoms with Crippen molar-refractivity contribution in [2.24, 2.45) is 0 Å². The topological polar surface area (TPSA) is 83.0 Å². The van der Waals surface area contributed by atoms with Gasteiger partial charge in [0, 0.05) is 19.0 Å². The van der Waals surface area contributed by atoms with Gasteiger partial charge in [0.2, 0.25) is 0 Å². The van der Waals surface area contributed by atoms with E-state index in [1.165, 1.54) is 0 Å². The Morgan fingerprint density at radius 3 is 2.92 bits per heavy atom. The van der Waals surface area contributed by atoms with Crippen LogP contribution in [0.4, 0.5) is 0 Å². The van der Waals surface area contributed by atoms with Gasteiger partial charge in [-0.05, 0) is 30.7 Å². The van der Waals surface area contributed by atoms with Gasteiger partial charge in [0.05, 0.1) is 18.8 Å². The highest BCUT2D eigenvalue weighted by molar-refractivity contribution is 5.59. The smallest absolute Gasteiger partial charge is 0.200 e. The highest BCUT2D eigenvalue weighted by Crippen LogP contribution is 2.28. The van der Waals surface area contributed by atoms with Gasteiger partial charge >= 0.3 is 0 Å². The molecule has 0 spiro atoms. The van der Waals surface area contributed by atoms with E-state index in [1.54, 1.807) is 23.1 Å². The van der Waals surface area contributed by atoms with Crippen LogP contribution in [0.2, 0.25) is 0 Å². The molecular formula is C17H15N7O. The van der Waals surface area contributed by atoms with Crippen molar-refractivity contribution in [3.8, 4) is 23.0 Å². The Morgan fingerprint density at radius 1 is 1.08 bits per heavy atom. The number of imidazole rings is 1. The van der Waals surface area contributed by atoms with Crippen molar-refractivity contribution < 1.29 is 4.74 Å². The molecule has 0 bridgehead atoms. The fourth-order valence-electron chi connectivity index (χ4n) is 3.05. The number of nitrogens with zero attached hydrogens (tertiary/aromatic N) is 7. The highest BCUT2D eigenvalue weighted by atomic mass is 16.5. The van der Waals surface area contributed by atoms with Crippen molar-refractivity contribution in [1.29, 1.82) is 0 Å². The van der Waals surface area contributed by atoms with Gasteiger partial charge in [-0.25, -0.2) is 19.2 Å². The van der Waals surface area contributed by atoms with Crippen LogP contribution in [0.15, 0.2) is 48.9 Å². The molecule has 1 fully saturated rings. The van der Waals surface area contributed by atoms with Gasteiger partial charge in [-0.15, -0.1) is 5.10 Å². The maximum Gasteiger partial charge on any atom is 0.200 e. The number of hydrogen-bond donors (Lipinski definition) is 0. The van der Waals surface area contributed by atoms with E-state index in [-0.39, 0.29) is 6.04 Å². The lowest BCUT2D eigenvalue weighted by molar-refractivity contribution is 0.185. The van der Waals surface area contributed by atoms with E-state index >= 15 is 0 Å². The third kappa shape index (κ3) is 2.38. The molecule has 25 heavy (non-hydrogen) atoms. The summed E-state index contributed by atoms with van der Waals surface area (Å²) >= 11 is 0. The zero-order valence-electron chi connectivity index (χ0n) is 13.4. The molecular weight excluding hydrogens is 318 g/mol. The van der Waals surface area contributed by atoms with E-state index in [0.29, 0.717) is 12.4 Å². The largest absolute Gasteiger partial charge is 0.379 e. The van der Waals surface area contributed by atoms with Crippen molar-refractivity contribution in [3.05, 3.63) is 48.9 Å². The summed E-state index contributed by atoms with van der Waals surface area (Å²) in [7, 11) is 0. The fourth-order valence-corrected chi connectivity index (χ4v) is 3.05. The standard InChI is InChI=1S/C17H15N7O/c1-2-7-18-13(4-1)16-21-17(23(22-16)12-6-9-25-11-12)14-10-19-15-5-3-8-20-24(14)15/h1-5,7-8,10,12H,6,9,11H2. The molecule has 0 aromatic carbocycles. The second-order valence-corrected chi connectivity index (χ2v) is 5.87. The lowest BCUT2D eigenvalue weighted by atomic mass is 10.2. The SMILES string of the molecule is c1ccc(-c2nc(-c3cnc4cccnn34)n(C3CCOC3)n2)nc1. The number of ether oxygens (including phenoxy) is 1. The zero-order valence-corrected chi connectivity index (χ0v) is 13.4. The van der Waals surface area contributed by atoms with Crippen LogP contribution >= 0.6 is 0 Å². The Bertz CT molecular complexity index is 1020. The van der Waals surface area contributed by atoms with E-state index < -0.39 is 0 Å². The molecule has 1 aliphatic rings. The van der Waals surface area contributed by atoms with Crippen molar-refractivity contribution in [1.82, 2.24) is 34.3 Å². The van der Waals surface area contributed by atoms with Crippen molar-refractivity contribution in [3.63, 3.8) is 0 Å². The van der Waals surface area contributed by atoms with Crippen LogP contribution in [-0.2, 0) is 4.74 Å². The molecule has 0 aliphatic carbocycles. The summed E-state index contributed by atoms with van der Waals surface area (Å²) in [5.41, 5.74) is 2.31. The Balaban J connectivity index is 1.70. The van der Waals surface area contributed by atoms with Gasteiger partial charge < -0.3 is 4.74 Å². The summed E-state index contributed by atoms with van der Waals surface area (Å²) < 4.78 is 9.25. The third-order valence-electron chi connectivity index (χ3n) is 4.28. The lowest BCUT2D eigenvalue weighted by Gasteiger charge is -2.10. The number of rotatable bonds is 3. The van der Waals surface area contributed by atoms with Crippen LogP contribution in [0.5, 0.6) is 0 Å². The van der Waals surface area contributed by atoms with Gasteiger partial charge in [0.1, 0.15) is 11.4 Å². The normalized spacial score (nSPS) is 17.4.